The molecule has 1 unspecified atom stereocenters. The minimum absolute atomic E-state index is 0.0404. The Morgan fingerprint density at radius 3 is 1.79 bits per heavy atom. The third-order valence-corrected chi connectivity index (χ3v) is 9.64. The minimum Gasteiger partial charge on any atom is -0.354 e. The van der Waals surface area contributed by atoms with Gasteiger partial charge in [0.2, 0.25) is 17.7 Å². The maximum absolute atomic E-state index is 14.4. The lowest BCUT2D eigenvalue weighted by atomic mass is 9.67. The number of benzene rings is 3. The first-order valence-corrected chi connectivity index (χ1v) is 15.8. The Morgan fingerprint density at radius 2 is 1.26 bits per heavy atom. The van der Waals surface area contributed by atoms with Gasteiger partial charge in [-0.25, -0.2) is 0 Å². The molecule has 7 nitrogen and oxygen atoms in total. The van der Waals surface area contributed by atoms with Crippen molar-refractivity contribution in [3.8, 4) is 0 Å². The lowest BCUT2D eigenvalue weighted by molar-refractivity contribution is -0.146. The molecule has 3 aliphatic heterocycles. The van der Waals surface area contributed by atoms with Gasteiger partial charge in [-0.2, -0.15) is 0 Å². The van der Waals surface area contributed by atoms with Crippen molar-refractivity contribution >= 4 is 17.7 Å². The average molecular weight is 579 g/mol. The summed E-state index contributed by atoms with van der Waals surface area (Å²) in [5, 5.41) is 6.45. The Balaban J connectivity index is 1.26. The lowest BCUT2D eigenvalue weighted by Crippen LogP contribution is -2.53. The van der Waals surface area contributed by atoms with E-state index < -0.39 is 17.5 Å². The predicted molar refractivity (Wildman–Crippen MR) is 167 cm³/mol. The topological polar surface area (TPSA) is 81.8 Å². The van der Waals surface area contributed by atoms with Crippen LogP contribution in [0, 0.1) is 5.92 Å². The highest BCUT2D eigenvalue weighted by Gasteiger charge is 2.45. The van der Waals surface area contributed by atoms with Crippen LogP contribution >= 0.6 is 0 Å². The lowest BCUT2D eigenvalue weighted by Gasteiger charge is -2.38. The minimum atomic E-state index is -0.720. The molecule has 0 spiro atoms. The monoisotopic (exact) mass is 578 g/mol. The van der Waals surface area contributed by atoms with Gasteiger partial charge in [-0.1, -0.05) is 91.0 Å². The SMILES string of the molecule is O=C(NCC1CCNC1)[C@H]1CCCN1C(=O)[C@@H]1CCCN1C(=O)CC(c1ccccc1)(c1ccccc1)c1ccccc1. The molecule has 2 N–H and O–H groups in total. The molecule has 3 aromatic carbocycles. The number of nitrogens with zero attached hydrogens (tertiary/aromatic N) is 2. The van der Waals surface area contributed by atoms with E-state index in [1.807, 2.05) is 54.6 Å². The van der Waals surface area contributed by atoms with Crippen LogP contribution in [-0.2, 0) is 19.8 Å². The van der Waals surface area contributed by atoms with Crippen LogP contribution in [0.25, 0.3) is 0 Å². The normalized spacial score (nSPS) is 22.1. The number of hydrogen-bond donors (Lipinski definition) is 2. The van der Waals surface area contributed by atoms with E-state index in [4.69, 9.17) is 0 Å². The molecule has 3 amide bonds. The maximum Gasteiger partial charge on any atom is 0.246 e. The first-order valence-electron chi connectivity index (χ1n) is 15.8. The van der Waals surface area contributed by atoms with E-state index in [-0.39, 0.29) is 24.1 Å². The summed E-state index contributed by atoms with van der Waals surface area (Å²) >= 11 is 0. The number of nitrogens with one attached hydrogen (secondary N) is 2. The molecule has 0 aliphatic carbocycles. The average Bonchev–Trinajstić information content (AvgIpc) is 3.86. The van der Waals surface area contributed by atoms with Gasteiger partial charge in [-0.3, -0.25) is 14.4 Å². The van der Waals surface area contributed by atoms with Crippen LogP contribution in [0.3, 0.4) is 0 Å². The van der Waals surface area contributed by atoms with Crippen molar-refractivity contribution < 1.29 is 14.4 Å². The number of carbonyl (C=O) groups excluding carboxylic acids is 3. The van der Waals surface area contributed by atoms with E-state index in [0.717, 1.165) is 49.0 Å². The van der Waals surface area contributed by atoms with Gasteiger partial charge in [0, 0.05) is 26.1 Å². The van der Waals surface area contributed by atoms with Crippen LogP contribution in [0.15, 0.2) is 91.0 Å². The second kappa shape index (κ2) is 13.1. The Labute approximate surface area is 254 Å². The second-order valence-electron chi connectivity index (χ2n) is 12.2. The zero-order chi connectivity index (χ0) is 29.6. The van der Waals surface area contributed by atoms with E-state index in [1.165, 1.54) is 0 Å². The third kappa shape index (κ3) is 5.96. The molecule has 7 heteroatoms. The van der Waals surface area contributed by atoms with Gasteiger partial charge in [0.15, 0.2) is 0 Å². The highest BCUT2D eigenvalue weighted by molar-refractivity contribution is 5.93. The van der Waals surface area contributed by atoms with E-state index in [2.05, 4.69) is 47.0 Å². The van der Waals surface area contributed by atoms with Crippen molar-refractivity contribution in [3.05, 3.63) is 108 Å². The summed E-state index contributed by atoms with van der Waals surface area (Å²) in [5.74, 6) is 0.249. The summed E-state index contributed by atoms with van der Waals surface area (Å²) in [6, 6.07) is 29.6. The van der Waals surface area contributed by atoms with Crippen LogP contribution in [0.4, 0.5) is 0 Å². The van der Waals surface area contributed by atoms with Crippen LogP contribution < -0.4 is 10.6 Å². The summed E-state index contributed by atoms with van der Waals surface area (Å²) in [4.78, 5) is 45.2. The number of rotatable bonds is 9. The summed E-state index contributed by atoms with van der Waals surface area (Å²) in [6.45, 7) is 3.65. The van der Waals surface area contributed by atoms with Gasteiger partial charge in [0.1, 0.15) is 12.1 Å². The zero-order valence-electron chi connectivity index (χ0n) is 24.8. The highest BCUT2D eigenvalue weighted by Crippen LogP contribution is 2.43. The summed E-state index contributed by atoms with van der Waals surface area (Å²) in [7, 11) is 0. The Hall–Kier alpha value is -3.97. The fraction of sp³-hybridized carbons (Fsp3) is 0.417. The van der Waals surface area contributed by atoms with Crippen molar-refractivity contribution in [2.45, 2.75) is 56.0 Å². The molecule has 224 valence electrons. The summed E-state index contributed by atoms with van der Waals surface area (Å²) in [6.07, 6.45) is 4.13. The van der Waals surface area contributed by atoms with Crippen molar-refractivity contribution in [2.75, 3.05) is 32.7 Å². The second-order valence-corrected chi connectivity index (χ2v) is 12.2. The van der Waals surface area contributed by atoms with Crippen molar-refractivity contribution in [3.63, 3.8) is 0 Å². The van der Waals surface area contributed by atoms with Gasteiger partial charge in [-0.05, 0) is 67.8 Å². The molecule has 3 fully saturated rings. The Bertz CT molecular complexity index is 1300. The molecule has 0 bridgehead atoms. The van der Waals surface area contributed by atoms with Crippen LogP contribution in [-0.4, -0.2) is 72.3 Å². The first-order chi connectivity index (χ1) is 21.1. The summed E-state index contributed by atoms with van der Waals surface area (Å²) < 4.78 is 0. The predicted octanol–water partition coefficient (Wildman–Crippen LogP) is 4.12. The Morgan fingerprint density at radius 1 is 0.721 bits per heavy atom. The third-order valence-electron chi connectivity index (χ3n) is 9.64. The number of carbonyl (C=O) groups is 3. The maximum atomic E-state index is 14.4. The molecule has 3 atom stereocenters. The number of amides is 3. The number of likely N-dealkylation sites (tertiary alicyclic amines) is 2. The van der Waals surface area contributed by atoms with Gasteiger partial charge in [-0.15, -0.1) is 0 Å². The fourth-order valence-electron chi connectivity index (χ4n) is 7.37. The quantitative estimate of drug-likeness (QED) is 0.375. The largest absolute Gasteiger partial charge is 0.354 e. The van der Waals surface area contributed by atoms with Crippen LogP contribution in [0.1, 0.15) is 55.2 Å². The van der Waals surface area contributed by atoms with E-state index >= 15 is 0 Å². The van der Waals surface area contributed by atoms with Crippen molar-refractivity contribution in [1.29, 1.82) is 0 Å². The molecule has 0 saturated carbocycles. The molecule has 3 aliphatic rings. The van der Waals surface area contributed by atoms with E-state index in [0.29, 0.717) is 38.4 Å². The van der Waals surface area contributed by atoms with E-state index in [1.54, 1.807) is 9.80 Å². The number of hydrogen-bond acceptors (Lipinski definition) is 4. The van der Waals surface area contributed by atoms with E-state index in [9.17, 15) is 14.4 Å². The first kappa shape index (κ1) is 29.1. The molecule has 6 rings (SSSR count). The molecule has 3 aromatic rings. The van der Waals surface area contributed by atoms with Gasteiger partial charge in [0.25, 0.3) is 0 Å². The summed E-state index contributed by atoms with van der Waals surface area (Å²) in [5.41, 5.74) is 2.40. The van der Waals surface area contributed by atoms with Gasteiger partial charge >= 0.3 is 0 Å². The van der Waals surface area contributed by atoms with Crippen LogP contribution in [0.5, 0.6) is 0 Å². The van der Waals surface area contributed by atoms with Gasteiger partial charge < -0.3 is 20.4 Å². The zero-order valence-corrected chi connectivity index (χ0v) is 24.8. The highest BCUT2D eigenvalue weighted by atomic mass is 16.2. The molecule has 0 radical (unpaired) electrons. The molecular weight excluding hydrogens is 536 g/mol. The molecular formula is C36H42N4O3. The van der Waals surface area contributed by atoms with Crippen molar-refractivity contribution in [2.24, 2.45) is 5.92 Å². The smallest absolute Gasteiger partial charge is 0.246 e. The van der Waals surface area contributed by atoms with Gasteiger partial charge in [0.05, 0.1) is 5.41 Å². The molecule has 0 aromatic heterocycles. The standard InChI is InChI=1S/C36H42N4O3/c41-33(24-36(28-12-4-1-5-13-28,29-14-6-2-7-15-29)30-16-8-3-9-17-30)39-22-11-19-32(39)35(43)40-23-10-18-31(40)34(42)38-26-27-20-21-37-25-27/h1-9,12-17,27,31-32,37H,10-11,18-26H2,(H,38,42)/t27?,31-,32+/m1/s1. The Kier molecular flexibility index (Phi) is 8.89. The molecule has 3 saturated heterocycles. The van der Waals surface area contributed by atoms with Crippen LogP contribution in [0.2, 0.25) is 0 Å². The van der Waals surface area contributed by atoms with Crippen molar-refractivity contribution in [1.82, 2.24) is 20.4 Å². The fourth-order valence-corrected chi connectivity index (χ4v) is 7.37. The molecule has 3 heterocycles. The molecule has 43 heavy (non-hydrogen) atoms.